The highest BCUT2D eigenvalue weighted by Gasteiger charge is 2.26. The maximum Gasteiger partial charge on any atom is 0.252 e. The molecule has 10 heteroatoms. The van der Waals surface area contributed by atoms with E-state index < -0.39 is 0 Å². The van der Waals surface area contributed by atoms with Crippen molar-refractivity contribution in [2.24, 2.45) is 15.7 Å². The number of carbonyl (C=O) groups is 1. The number of carbonyl (C=O) groups excluding carboxylic acids is 1. The molecule has 2 aromatic carbocycles. The van der Waals surface area contributed by atoms with E-state index in [-0.39, 0.29) is 30.5 Å². The van der Waals surface area contributed by atoms with Gasteiger partial charge in [0.1, 0.15) is 18.6 Å². The summed E-state index contributed by atoms with van der Waals surface area (Å²) in [6.07, 6.45) is 6.96. The predicted molar refractivity (Wildman–Crippen MR) is 164 cm³/mol. The van der Waals surface area contributed by atoms with Crippen molar-refractivity contribution < 1.29 is 15.0 Å². The van der Waals surface area contributed by atoms with Gasteiger partial charge in [0, 0.05) is 24.2 Å². The molecule has 212 valence electrons. The van der Waals surface area contributed by atoms with Crippen LogP contribution in [0.25, 0.3) is 0 Å². The van der Waals surface area contributed by atoms with E-state index >= 15 is 0 Å². The van der Waals surface area contributed by atoms with Crippen LogP contribution in [0.2, 0.25) is 5.02 Å². The highest BCUT2D eigenvalue weighted by atomic mass is 35.5. The lowest BCUT2D eigenvalue weighted by molar-refractivity contribution is 0.0954. The molecule has 1 amide bonds. The Morgan fingerprint density at radius 1 is 1.23 bits per heavy atom. The number of aliphatic imine (C=N–C) groups is 2. The monoisotopic (exact) mass is 556 g/mol. The van der Waals surface area contributed by atoms with Crippen molar-refractivity contribution in [2.75, 3.05) is 23.9 Å². The molecule has 2 aromatic rings. The van der Waals surface area contributed by atoms with Crippen molar-refractivity contribution in [3.8, 4) is 5.75 Å². The number of nitrogens with one attached hydrogen (secondary N) is 3. The van der Waals surface area contributed by atoms with Gasteiger partial charge in [-0.1, -0.05) is 57.2 Å². The number of rotatable bonds is 9. The molecule has 1 heterocycles. The maximum absolute atomic E-state index is 12.6. The molecule has 3 rings (SSSR count). The largest absolute Gasteiger partial charge is 0.508 e. The van der Waals surface area contributed by atoms with Crippen molar-refractivity contribution in [2.45, 2.75) is 53.1 Å². The number of benzene rings is 2. The zero-order valence-electron chi connectivity index (χ0n) is 23.3. The summed E-state index contributed by atoms with van der Waals surface area (Å²) in [5.41, 5.74) is 9.46. The molecular weight excluding hydrogens is 516 g/mol. The summed E-state index contributed by atoms with van der Waals surface area (Å²) >= 11 is 6.38. The first-order valence-electron chi connectivity index (χ1n) is 12.8. The summed E-state index contributed by atoms with van der Waals surface area (Å²) in [5.74, 6) is 0.112. The van der Waals surface area contributed by atoms with E-state index in [2.05, 4.69) is 45.5 Å². The smallest absolute Gasteiger partial charge is 0.252 e. The predicted octanol–water partition coefficient (Wildman–Crippen LogP) is 5.94. The summed E-state index contributed by atoms with van der Waals surface area (Å²) in [6, 6.07) is 9.00. The molecule has 0 fully saturated rings. The minimum Gasteiger partial charge on any atom is -0.508 e. The fourth-order valence-corrected chi connectivity index (χ4v) is 3.89. The number of phenolic OH excluding ortho intramolecular Hbond substituents is 1. The molecule has 0 radical (unpaired) electrons. The molecule has 2 atom stereocenters. The molecule has 1 aliphatic heterocycles. The normalized spacial score (nSPS) is 14.5. The number of halogens is 1. The molecule has 7 N–H and O–H groups in total. The van der Waals surface area contributed by atoms with Gasteiger partial charge in [0.15, 0.2) is 0 Å². The minimum atomic E-state index is -0.352. The van der Waals surface area contributed by atoms with Crippen LogP contribution >= 0.6 is 11.6 Å². The molecule has 0 spiro atoms. The van der Waals surface area contributed by atoms with Gasteiger partial charge in [0.25, 0.3) is 5.91 Å². The van der Waals surface area contributed by atoms with Crippen LogP contribution in [0.5, 0.6) is 5.75 Å². The van der Waals surface area contributed by atoms with E-state index in [0.29, 0.717) is 29.2 Å². The van der Waals surface area contributed by atoms with Crippen molar-refractivity contribution in [3.63, 3.8) is 0 Å². The Bertz CT molecular complexity index is 1180. The molecule has 0 saturated heterocycles. The number of aliphatic hydroxyl groups excluding tert-OH is 1. The van der Waals surface area contributed by atoms with Gasteiger partial charge in [-0.3, -0.25) is 9.79 Å². The number of fused-ring (bicyclic) bond motifs is 1. The number of aliphatic hydroxyl groups is 1. The highest BCUT2D eigenvalue weighted by molar-refractivity contribution is 6.34. The molecule has 0 aliphatic carbocycles. The number of amides is 1. The van der Waals surface area contributed by atoms with Crippen LogP contribution in [-0.4, -0.2) is 41.9 Å². The van der Waals surface area contributed by atoms with Crippen molar-refractivity contribution in [1.29, 1.82) is 0 Å². The van der Waals surface area contributed by atoms with E-state index in [4.69, 9.17) is 22.4 Å². The summed E-state index contributed by atoms with van der Waals surface area (Å²) < 4.78 is 0. The Morgan fingerprint density at radius 2 is 1.90 bits per heavy atom. The third-order valence-electron chi connectivity index (χ3n) is 5.54. The Kier molecular flexibility index (Phi) is 15.0. The average molecular weight is 557 g/mol. The van der Waals surface area contributed by atoms with E-state index in [1.165, 1.54) is 6.34 Å². The van der Waals surface area contributed by atoms with Gasteiger partial charge in [-0.2, -0.15) is 0 Å². The van der Waals surface area contributed by atoms with Gasteiger partial charge in [-0.15, -0.1) is 0 Å². The number of nitrogens with zero attached hydrogens (tertiary/aromatic N) is 2. The summed E-state index contributed by atoms with van der Waals surface area (Å²) in [4.78, 5) is 19.9. The minimum absolute atomic E-state index is 0.0868. The molecule has 0 aromatic heterocycles. The van der Waals surface area contributed by atoms with Gasteiger partial charge in [0.05, 0.1) is 28.3 Å². The number of hydrogen-bond acceptors (Lipinski definition) is 7. The zero-order valence-corrected chi connectivity index (χ0v) is 24.1. The van der Waals surface area contributed by atoms with E-state index in [0.717, 1.165) is 22.5 Å². The van der Waals surface area contributed by atoms with Crippen molar-refractivity contribution in [1.82, 2.24) is 5.32 Å². The highest BCUT2D eigenvalue weighted by Crippen LogP contribution is 2.41. The molecule has 39 heavy (non-hydrogen) atoms. The first kappa shape index (κ1) is 33.2. The zero-order chi connectivity index (χ0) is 29.4. The number of nitrogens with two attached hydrogens (primary N) is 1. The number of hydrogen-bond donors (Lipinski definition) is 6. The van der Waals surface area contributed by atoms with Gasteiger partial charge < -0.3 is 31.9 Å². The third kappa shape index (κ3) is 10.1. The van der Waals surface area contributed by atoms with Gasteiger partial charge >= 0.3 is 0 Å². The SMILES string of the molecule is C/C=N\CO.C=C(CCNC(=O)c1cc2c(cc1Cl)NC(c1cc(C(C)/C=C\C)ccc1O)N2)N=CN.CC. The molecular formula is C29H41ClN6O3. The van der Waals surface area contributed by atoms with E-state index in [1.54, 1.807) is 31.3 Å². The van der Waals surface area contributed by atoms with Crippen molar-refractivity contribution in [3.05, 3.63) is 76.5 Å². The Hall–Kier alpha value is -3.82. The first-order chi connectivity index (χ1) is 18.7. The van der Waals surface area contributed by atoms with Crippen LogP contribution in [0.1, 0.15) is 74.6 Å². The van der Waals surface area contributed by atoms with Crippen LogP contribution in [0.15, 0.2) is 64.7 Å². The average Bonchev–Trinajstić information content (AvgIpc) is 3.33. The van der Waals surface area contributed by atoms with E-state index in [9.17, 15) is 9.90 Å². The lowest BCUT2D eigenvalue weighted by Gasteiger charge is -2.17. The van der Waals surface area contributed by atoms with E-state index in [1.807, 2.05) is 39.0 Å². The fraction of sp³-hybridized carbons (Fsp3) is 0.345. The third-order valence-corrected chi connectivity index (χ3v) is 5.85. The number of allylic oxidation sites excluding steroid dienone is 2. The lowest BCUT2D eigenvalue weighted by atomic mass is 9.97. The first-order valence-corrected chi connectivity index (χ1v) is 13.2. The van der Waals surface area contributed by atoms with Gasteiger partial charge in [-0.25, -0.2) is 4.99 Å². The van der Waals surface area contributed by atoms with Crippen LogP contribution in [0.3, 0.4) is 0 Å². The number of phenols is 1. The van der Waals surface area contributed by atoms with Crippen molar-refractivity contribution >= 4 is 41.4 Å². The fourth-order valence-electron chi connectivity index (χ4n) is 3.64. The second kappa shape index (κ2) is 17.6. The quantitative estimate of drug-likeness (QED) is 0.128. The van der Waals surface area contributed by atoms with Crippen LogP contribution in [0.4, 0.5) is 11.4 Å². The summed E-state index contributed by atoms with van der Waals surface area (Å²) in [5, 5.41) is 28.1. The standard InChI is InChI=1S/C24H28ClN5O2.C3H7NO.C2H6/c1-4-5-14(2)16-6-7-22(31)18(10-16)23-29-20-11-17(19(25)12-21(20)30-23)24(32)27-9-8-15(3)28-13-26;1-2-4-3-5;1-2/h4-7,10-14,23,29-31H,3,8-9H2,1-2H3,(H2,26,28)(H,27,32);2,5H,3H2,1H3;1-2H3/b5-4-;4-2-;. The molecule has 0 saturated carbocycles. The van der Waals surface area contributed by atoms with Crippen LogP contribution in [0, 0.1) is 0 Å². The second-order valence-electron chi connectivity index (χ2n) is 8.16. The lowest BCUT2D eigenvalue weighted by Crippen LogP contribution is -2.25. The van der Waals surface area contributed by atoms with Crippen LogP contribution < -0.4 is 21.7 Å². The summed E-state index contributed by atoms with van der Waals surface area (Å²) in [7, 11) is 0. The van der Waals surface area contributed by atoms with Crippen LogP contribution in [-0.2, 0) is 0 Å². The van der Waals surface area contributed by atoms with Gasteiger partial charge in [0.2, 0.25) is 0 Å². The molecule has 0 bridgehead atoms. The molecule has 1 aliphatic rings. The maximum atomic E-state index is 12.6. The Labute approximate surface area is 236 Å². The topological polar surface area (TPSA) is 144 Å². The number of aromatic hydroxyl groups is 1. The Morgan fingerprint density at radius 3 is 2.46 bits per heavy atom. The molecule has 9 nitrogen and oxygen atoms in total. The number of anilines is 2. The second-order valence-corrected chi connectivity index (χ2v) is 8.57. The molecule has 2 unspecified atom stereocenters. The summed E-state index contributed by atoms with van der Waals surface area (Å²) in [6.45, 7) is 13.9. The Balaban J connectivity index is 0.000000975. The van der Waals surface area contributed by atoms with Gasteiger partial charge in [-0.05, 0) is 55.8 Å².